The Kier molecular flexibility index (Phi) is 3.75. The first kappa shape index (κ1) is 12.3. The van der Waals surface area contributed by atoms with Crippen molar-refractivity contribution in [2.45, 2.75) is 13.1 Å². The van der Waals surface area contributed by atoms with Crippen LogP contribution in [0.4, 0.5) is 18.9 Å². The van der Waals surface area contributed by atoms with Crippen LogP contribution in [0.15, 0.2) is 6.33 Å². The maximum Gasteiger partial charge on any atom is 0.422 e. The van der Waals surface area contributed by atoms with Gasteiger partial charge in [-0.1, -0.05) is 0 Å². The molecule has 0 unspecified atom stereocenters. The zero-order valence-electron chi connectivity index (χ0n) is 8.41. The number of ether oxygens (including phenoxy) is 2. The van der Waals surface area contributed by atoms with Gasteiger partial charge in [-0.3, -0.25) is 0 Å². The van der Waals surface area contributed by atoms with E-state index in [0.717, 1.165) is 6.33 Å². The first-order valence-electron chi connectivity index (χ1n) is 4.37. The molecule has 1 aromatic rings. The van der Waals surface area contributed by atoms with E-state index in [2.05, 4.69) is 14.7 Å². The Labute approximate surface area is 89.4 Å². The molecule has 5 nitrogen and oxygen atoms in total. The molecular weight excluding hydrogens is 227 g/mol. The predicted molar refractivity (Wildman–Crippen MR) is 49.2 cm³/mol. The van der Waals surface area contributed by atoms with E-state index in [9.17, 15) is 13.2 Å². The summed E-state index contributed by atoms with van der Waals surface area (Å²) < 4.78 is 45.0. The summed E-state index contributed by atoms with van der Waals surface area (Å²) in [6, 6.07) is 0. The molecule has 1 rings (SSSR count). The summed E-state index contributed by atoms with van der Waals surface area (Å²) in [5.74, 6) is -0.328. The van der Waals surface area contributed by atoms with E-state index in [1.54, 1.807) is 6.92 Å². The van der Waals surface area contributed by atoms with E-state index in [0.29, 0.717) is 6.61 Å². The molecule has 0 bridgehead atoms. The smallest absolute Gasteiger partial charge is 0.422 e. The minimum Gasteiger partial charge on any atom is -0.476 e. The summed E-state index contributed by atoms with van der Waals surface area (Å²) in [7, 11) is 0. The average molecular weight is 237 g/mol. The van der Waals surface area contributed by atoms with Crippen LogP contribution in [-0.2, 0) is 0 Å². The van der Waals surface area contributed by atoms with Crippen molar-refractivity contribution in [3.63, 3.8) is 0 Å². The summed E-state index contributed by atoms with van der Waals surface area (Å²) >= 11 is 0. The van der Waals surface area contributed by atoms with Crippen molar-refractivity contribution in [3.05, 3.63) is 6.33 Å². The van der Waals surface area contributed by atoms with Gasteiger partial charge in [0.05, 0.1) is 6.61 Å². The Morgan fingerprint density at radius 3 is 2.31 bits per heavy atom. The second-order valence-corrected chi connectivity index (χ2v) is 2.73. The number of anilines is 1. The molecule has 16 heavy (non-hydrogen) atoms. The number of hydrogen-bond acceptors (Lipinski definition) is 5. The molecule has 1 aromatic heterocycles. The minimum atomic E-state index is -4.44. The van der Waals surface area contributed by atoms with Gasteiger partial charge in [-0.2, -0.15) is 23.1 Å². The van der Waals surface area contributed by atoms with Gasteiger partial charge in [-0.25, -0.2) is 0 Å². The zero-order valence-corrected chi connectivity index (χ0v) is 8.41. The Morgan fingerprint density at radius 1 is 1.25 bits per heavy atom. The minimum absolute atomic E-state index is 0.00896. The quantitative estimate of drug-likeness (QED) is 0.857. The van der Waals surface area contributed by atoms with E-state index in [1.165, 1.54) is 0 Å². The van der Waals surface area contributed by atoms with Gasteiger partial charge in [0.15, 0.2) is 12.3 Å². The van der Waals surface area contributed by atoms with Gasteiger partial charge >= 0.3 is 6.18 Å². The van der Waals surface area contributed by atoms with Gasteiger partial charge in [0.2, 0.25) is 11.8 Å². The third-order valence-electron chi connectivity index (χ3n) is 1.46. The Hall–Kier alpha value is -1.73. The van der Waals surface area contributed by atoms with Crippen molar-refractivity contribution in [3.8, 4) is 11.8 Å². The molecule has 90 valence electrons. The molecule has 0 fully saturated rings. The Morgan fingerprint density at radius 2 is 1.81 bits per heavy atom. The molecule has 0 saturated heterocycles. The monoisotopic (exact) mass is 237 g/mol. The van der Waals surface area contributed by atoms with E-state index >= 15 is 0 Å². The van der Waals surface area contributed by atoms with Crippen molar-refractivity contribution in [2.24, 2.45) is 0 Å². The fourth-order valence-electron chi connectivity index (χ4n) is 0.881. The molecule has 0 amide bonds. The molecule has 0 atom stereocenters. The molecule has 2 N–H and O–H groups in total. The van der Waals surface area contributed by atoms with Gasteiger partial charge < -0.3 is 15.2 Å². The normalized spacial score (nSPS) is 11.2. The topological polar surface area (TPSA) is 70.3 Å². The molecule has 0 spiro atoms. The molecule has 8 heteroatoms. The van der Waals surface area contributed by atoms with Gasteiger partial charge in [-0.05, 0) is 6.92 Å². The Bertz CT molecular complexity index is 357. The fourth-order valence-corrected chi connectivity index (χ4v) is 0.881. The van der Waals surface area contributed by atoms with Crippen molar-refractivity contribution in [1.29, 1.82) is 0 Å². The third-order valence-corrected chi connectivity index (χ3v) is 1.46. The number of nitrogen functional groups attached to an aromatic ring is 1. The molecule has 0 aliphatic heterocycles. The predicted octanol–water partition coefficient (Wildman–Crippen LogP) is 1.40. The van der Waals surface area contributed by atoms with Gasteiger partial charge in [0.1, 0.15) is 6.33 Å². The zero-order chi connectivity index (χ0) is 12.2. The summed E-state index contributed by atoms with van der Waals surface area (Å²) in [5, 5.41) is 0. The lowest BCUT2D eigenvalue weighted by molar-refractivity contribution is -0.154. The fraction of sp³-hybridized carbons (Fsp3) is 0.500. The van der Waals surface area contributed by atoms with Crippen molar-refractivity contribution >= 4 is 5.69 Å². The number of aromatic nitrogens is 2. The van der Waals surface area contributed by atoms with Gasteiger partial charge in [0, 0.05) is 0 Å². The number of hydrogen-bond donors (Lipinski definition) is 1. The number of alkyl halides is 3. The van der Waals surface area contributed by atoms with Crippen LogP contribution in [0, 0.1) is 0 Å². The van der Waals surface area contributed by atoms with Gasteiger partial charge in [0.25, 0.3) is 0 Å². The van der Waals surface area contributed by atoms with Crippen molar-refractivity contribution in [1.82, 2.24) is 9.97 Å². The lowest BCUT2D eigenvalue weighted by atomic mass is 10.5. The number of halogens is 3. The lowest BCUT2D eigenvalue weighted by Crippen LogP contribution is -2.20. The largest absolute Gasteiger partial charge is 0.476 e. The van der Waals surface area contributed by atoms with Gasteiger partial charge in [-0.15, -0.1) is 0 Å². The van der Waals surface area contributed by atoms with Crippen LogP contribution in [0.2, 0.25) is 0 Å². The van der Waals surface area contributed by atoms with Crippen LogP contribution in [0.3, 0.4) is 0 Å². The average Bonchev–Trinajstić information content (AvgIpc) is 2.18. The van der Waals surface area contributed by atoms with Crippen LogP contribution in [0.5, 0.6) is 11.8 Å². The maximum absolute atomic E-state index is 11.9. The Balaban J connectivity index is 2.77. The molecule has 1 heterocycles. The van der Waals surface area contributed by atoms with Crippen LogP contribution >= 0.6 is 0 Å². The highest BCUT2D eigenvalue weighted by Crippen LogP contribution is 2.27. The molecule has 0 radical (unpaired) electrons. The van der Waals surface area contributed by atoms with Crippen LogP contribution in [0.1, 0.15) is 6.92 Å². The van der Waals surface area contributed by atoms with Crippen molar-refractivity contribution in [2.75, 3.05) is 18.9 Å². The van der Waals surface area contributed by atoms with E-state index in [-0.39, 0.29) is 17.4 Å². The third kappa shape index (κ3) is 3.44. The molecule has 0 aromatic carbocycles. The van der Waals surface area contributed by atoms with Crippen molar-refractivity contribution < 1.29 is 22.6 Å². The van der Waals surface area contributed by atoms with E-state index in [4.69, 9.17) is 10.5 Å². The highest BCUT2D eigenvalue weighted by Gasteiger charge is 2.29. The van der Waals surface area contributed by atoms with Crippen LogP contribution < -0.4 is 15.2 Å². The molecule has 0 saturated carbocycles. The summed E-state index contributed by atoms with van der Waals surface area (Å²) in [6.45, 7) is 0.525. The van der Waals surface area contributed by atoms with E-state index in [1.807, 2.05) is 0 Å². The summed E-state index contributed by atoms with van der Waals surface area (Å²) in [5.41, 5.74) is 5.31. The van der Waals surface area contributed by atoms with Crippen LogP contribution in [0.25, 0.3) is 0 Å². The standard InChI is InChI=1S/C8H10F3N3O2/c1-2-15-6-5(12)7(14-4-13-6)16-3-8(9,10)11/h4H,2-3,12H2,1H3. The number of nitrogens with two attached hydrogens (primary N) is 1. The summed E-state index contributed by atoms with van der Waals surface area (Å²) in [4.78, 5) is 7.14. The molecule has 0 aliphatic carbocycles. The van der Waals surface area contributed by atoms with E-state index < -0.39 is 12.8 Å². The second kappa shape index (κ2) is 4.86. The second-order valence-electron chi connectivity index (χ2n) is 2.73. The summed E-state index contributed by atoms with van der Waals surface area (Å²) in [6.07, 6.45) is -3.42. The maximum atomic E-state index is 11.9. The first-order valence-corrected chi connectivity index (χ1v) is 4.37. The highest BCUT2D eigenvalue weighted by molar-refractivity contribution is 5.55. The first-order chi connectivity index (χ1) is 7.44. The SMILES string of the molecule is CCOc1ncnc(OCC(F)(F)F)c1N. The molecule has 0 aliphatic rings. The number of rotatable bonds is 4. The lowest BCUT2D eigenvalue weighted by Gasteiger charge is -2.11. The highest BCUT2D eigenvalue weighted by atomic mass is 19.4. The number of nitrogens with zero attached hydrogens (tertiary/aromatic N) is 2. The molecular formula is C8H10F3N3O2. The van der Waals surface area contributed by atoms with Crippen LogP contribution in [-0.4, -0.2) is 29.4 Å².